The van der Waals surface area contributed by atoms with Crippen LogP contribution in [0.3, 0.4) is 0 Å². The van der Waals surface area contributed by atoms with Crippen molar-refractivity contribution in [3.63, 3.8) is 0 Å². The smallest absolute Gasteiger partial charge is 0.222 e. The molecule has 0 spiro atoms. The topological polar surface area (TPSA) is 98.3 Å². The molecule has 0 aromatic carbocycles. The first kappa shape index (κ1) is 9.76. The van der Waals surface area contributed by atoms with Gasteiger partial charge in [0.15, 0.2) is 5.65 Å². The van der Waals surface area contributed by atoms with E-state index in [0.717, 1.165) is 17.6 Å². The van der Waals surface area contributed by atoms with Crippen molar-refractivity contribution in [2.24, 2.45) is 0 Å². The number of nitrogens with one attached hydrogen (secondary N) is 1. The van der Waals surface area contributed by atoms with E-state index in [2.05, 4.69) is 25.1 Å². The van der Waals surface area contributed by atoms with Crippen LogP contribution in [0.2, 0.25) is 0 Å². The second-order valence-corrected chi connectivity index (χ2v) is 3.65. The minimum atomic E-state index is 0.211. The van der Waals surface area contributed by atoms with Gasteiger partial charge >= 0.3 is 0 Å². The SMILES string of the molecule is CCn1cnc(-c2nc(N)nc3[nH]ncc23)c1. The molecule has 0 saturated heterocycles. The van der Waals surface area contributed by atoms with E-state index in [4.69, 9.17) is 5.73 Å². The van der Waals surface area contributed by atoms with Crippen LogP contribution in [0.25, 0.3) is 22.4 Å². The first-order valence-electron chi connectivity index (χ1n) is 5.26. The summed E-state index contributed by atoms with van der Waals surface area (Å²) in [4.78, 5) is 12.6. The number of fused-ring (bicyclic) bond motifs is 1. The number of nitrogen functional groups attached to an aromatic ring is 1. The van der Waals surface area contributed by atoms with Crippen molar-refractivity contribution in [2.45, 2.75) is 13.5 Å². The van der Waals surface area contributed by atoms with E-state index < -0.39 is 0 Å². The molecule has 3 N–H and O–H groups in total. The standard InChI is InChI=1S/C10H11N7/c1-2-17-4-7(12-5-17)8-6-3-13-16-9(6)15-10(11)14-8/h3-5H,2H2,1H3,(H3,11,13,14,15,16). The fourth-order valence-corrected chi connectivity index (χ4v) is 1.70. The van der Waals surface area contributed by atoms with Gasteiger partial charge in [-0.2, -0.15) is 10.1 Å². The lowest BCUT2D eigenvalue weighted by Crippen LogP contribution is -1.97. The minimum absolute atomic E-state index is 0.211. The van der Waals surface area contributed by atoms with Gasteiger partial charge in [0.05, 0.1) is 17.9 Å². The summed E-state index contributed by atoms with van der Waals surface area (Å²) in [5.41, 5.74) is 7.75. The molecule has 0 aliphatic carbocycles. The molecule has 0 aliphatic heterocycles. The maximum Gasteiger partial charge on any atom is 0.222 e. The van der Waals surface area contributed by atoms with Crippen LogP contribution < -0.4 is 5.73 Å². The molecule has 3 aromatic rings. The Morgan fingerprint density at radius 1 is 1.41 bits per heavy atom. The summed E-state index contributed by atoms with van der Waals surface area (Å²) in [6, 6.07) is 0. The maximum atomic E-state index is 5.66. The normalized spacial score (nSPS) is 11.1. The molecular formula is C10H11N7. The van der Waals surface area contributed by atoms with Crippen molar-refractivity contribution in [3.8, 4) is 11.4 Å². The predicted molar refractivity (Wildman–Crippen MR) is 63.0 cm³/mol. The second-order valence-electron chi connectivity index (χ2n) is 3.65. The highest BCUT2D eigenvalue weighted by molar-refractivity contribution is 5.89. The minimum Gasteiger partial charge on any atom is -0.368 e. The van der Waals surface area contributed by atoms with Gasteiger partial charge in [-0.05, 0) is 6.92 Å². The number of hydrogen-bond acceptors (Lipinski definition) is 5. The summed E-state index contributed by atoms with van der Waals surface area (Å²) in [7, 11) is 0. The number of rotatable bonds is 2. The zero-order valence-corrected chi connectivity index (χ0v) is 9.25. The molecule has 0 aliphatic rings. The molecule has 7 nitrogen and oxygen atoms in total. The molecular weight excluding hydrogens is 218 g/mol. The Morgan fingerprint density at radius 3 is 3.06 bits per heavy atom. The number of nitrogens with zero attached hydrogens (tertiary/aromatic N) is 5. The molecule has 0 bridgehead atoms. The summed E-state index contributed by atoms with van der Waals surface area (Å²) in [5.74, 6) is 0.211. The van der Waals surface area contributed by atoms with Crippen molar-refractivity contribution in [2.75, 3.05) is 5.73 Å². The molecule has 7 heteroatoms. The van der Waals surface area contributed by atoms with E-state index in [1.807, 2.05) is 17.7 Å². The van der Waals surface area contributed by atoms with E-state index in [1.165, 1.54) is 0 Å². The lowest BCUT2D eigenvalue weighted by molar-refractivity contribution is 0.762. The number of imidazole rings is 1. The Morgan fingerprint density at radius 2 is 2.29 bits per heavy atom. The van der Waals surface area contributed by atoms with Crippen molar-refractivity contribution >= 4 is 17.0 Å². The molecule has 3 aromatic heterocycles. The highest BCUT2D eigenvalue weighted by atomic mass is 15.2. The van der Waals surface area contributed by atoms with Crippen LogP contribution >= 0.6 is 0 Å². The van der Waals surface area contributed by atoms with E-state index in [1.54, 1.807) is 12.5 Å². The summed E-state index contributed by atoms with van der Waals surface area (Å²) >= 11 is 0. The van der Waals surface area contributed by atoms with Crippen molar-refractivity contribution < 1.29 is 0 Å². The van der Waals surface area contributed by atoms with Gasteiger partial charge in [-0.3, -0.25) is 5.10 Å². The number of hydrogen-bond donors (Lipinski definition) is 2. The molecule has 0 amide bonds. The van der Waals surface area contributed by atoms with E-state index >= 15 is 0 Å². The van der Waals surface area contributed by atoms with Crippen molar-refractivity contribution in [1.82, 2.24) is 29.7 Å². The zero-order chi connectivity index (χ0) is 11.8. The van der Waals surface area contributed by atoms with Gasteiger partial charge in [0.2, 0.25) is 5.95 Å². The van der Waals surface area contributed by atoms with Gasteiger partial charge in [-0.25, -0.2) is 9.97 Å². The molecule has 3 heterocycles. The predicted octanol–water partition coefficient (Wildman–Crippen LogP) is 0.818. The summed E-state index contributed by atoms with van der Waals surface area (Å²) in [6.45, 7) is 2.91. The Balaban J connectivity index is 2.24. The van der Waals surface area contributed by atoms with Gasteiger partial charge < -0.3 is 10.3 Å². The fraction of sp³-hybridized carbons (Fsp3) is 0.200. The first-order chi connectivity index (χ1) is 8.28. The molecule has 0 radical (unpaired) electrons. The summed E-state index contributed by atoms with van der Waals surface area (Å²) in [5, 5.41) is 7.53. The molecule has 17 heavy (non-hydrogen) atoms. The first-order valence-corrected chi connectivity index (χ1v) is 5.26. The molecule has 3 rings (SSSR count). The van der Waals surface area contributed by atoms with E-state index in [-0.39, 0.29) is 5.95 Å². The van der Waals surface area contributed by atoms with Gasteiger partial charge in [0.25, 0.3) is 0 Å². The third kappa shape index (κ3) is 1.52. The van der Waals surface area contributed by atoms with Crippen molar-refractivity contribution in [1.29, 1.82) is 0 Å². The molecule has 0 saturated carbocycles. The Kier molecular flexibility index (Phi) is 2.04. The Labute approximate surface area is 96.7 Å². The van der Waals surface area contributed by atoms with Crippen LogP contribution in [-0.4, -0.2) is 29.7 Å². The highest BCUT2D eigenvalue weighted by Gasteiger charge is 2.12. The molecule has 0 fully saturated rings. The zero-order valence-electron chi connectivity index (χ0n) is 9.25. The summed E-state index contributed by atoms with van der Waals surface area (Å²) < 4.78 is 1.97. The second kappa shape index (κ2) is 3.55. The quantitative estimate of drug-likeness (QED) is 0.677. The molecule has 86 valence electrons. The van der Waals surface area contributed by atoms with Gasteiger partial charge in [0, 0.05) is 12.7 Å². The molecule has 0 unspecified atom stereocenters. The number of aromatic amines is 1. The van der Waals surface area contributed by atoms with Crippen LogP contribution in [0.5, 0.6) is 0 Å². The van der Waals surface area contributed by atoms with Crippen LogP contribution in [0.1, 0.15) is 6.92 Å². The lowest BCUT2D eigenvalue weighted by atomic mass is 10.2. The van der Waals surface area contributed by atoms with Crippen LogP contribution in [0, 0.1) is 0 Å². The maximum absolute atomic E-state index is 5.66. The monoisotopic (exact) mass is 229 g/mol. The van der Waals surface area contributed by atoms with Gasteiger partial charge in [0.1, 0.15) is 11.4 Å². The van der Waals surface area contributed by atoms with Crippen LogP contribution in [-0.2, 0) is 6.54 Å². The summed E-state index contributed by atoms with van der Waals surface area (Å²) in [6.07, 6.45) is 5.36. The van der Waals surface area contributed by atoms with Crippen molar-refractivity contribution in [3.05, 3.63) is 18.7 Å². The fourth-order valence-electron chi connectivity index (χ4n) is 1.70. The van der Waals surface area contributed by atoms with E-state index in [0.29, 0.717) is 11.3 Å². The highest BCUT2D eigenvalue weighted by Crippen LogP contribution is 2.23. The largest absolute Gasteiger partial charge is 0.368 e. The number of anilines is 1. The third-order valence-electron chi connectivity index (χ3n) is 2.57. The lowest BCUT2D eigenvalue weighted by Gasteiger charge is -1.99. The van der Waals surface area contributed by atoms with Gasteiger partial charge in [-0.15, -0.1) is 0 Å². The molecule has 0 atom stereocenters. The number of aromatic nitrogens is 6. The number of H-pyrrole nitrogens is 1. The average molecular weight is 229 g/mol. The van der Waals surface area contributed by atoms with E-state index in [9.17, 15) is 0 Å². The average Bonchev–Trinajstić information content (AvgIpc) is 2.95. The van der Waals surface area contributed by atoms with Crippen LogP contribution in [0.4, 0.5) is 5.95 Å². The van der Waals surface area contributed by atoms with Gasteiger partial charge in [-0.1, -0.05) is 0 Å². The Bertz CT molecular complexity index is 666. The third-order valence-corrected chi connectivity index (χ3v) is 2.57. The number of aryl methyl sites for hydroxylation is 1. The number of nitrogens with two attached hydrogens (primary N) is 1. The van der Waals surface area contributed by atoms with Crippen LogP contribution in [0.15, 0.2) is 18.7 Å². The Hall–Kier alpha value is -2.44.